The highest BCUT2D eigenvalue weighted by atomic mass is 35.5. The summed E-state index contributed by atoms with van der Waals surface area (Å²) in [4.78, 5) is 51.4. The van der Waals surface area contributed by atoms with Gasteiger partial charge in [-0.25, -0.2) is 8.78 Å². The molecule has 0 bridgehead atoms. The van der Waals surface area contributed by atoms with Crippen LogP contribution in [-0.4, -0.2) is 47.7 Å². The Morgan fingerprint density at radius 3 is 2.28 bits per heavy atom. The number of ketones is 1. The number of nitrogens with one attached hydrogen (secondary N) is 1. The van der Waals surface area contributed by atoms with Gasteiger partial charge in [0.2, 0.25) is 17.5 Å². The first kappa shape index (κ1) is 33.4. The molecule has 2 aromatic carbocycles. The van der Waals surface area contributed by atoms with Gasteiger partial charge in [0.1, 0.15) is 18.7 Å². The van der Waals surface area contributed by atoms with Crippen LogP contribution in [-0.2, 0) is 19.1 Å². The van der Waals surface area contributed by atoms with E-state index in [1.807, 2.05) is 0 Å². The Morgan fingerprint density at radius 1 is 1.02 bits per heavy atom. The SMILES string of the molecule is CCC(C(=O)NC(CC(=O)OCCC(F)(F)F)C(=O)COc1c(F)c(F)cc(F)c1F)n1ccc2ccc(Cl)cc2c1=O. The van der Waals surface area contributed by atoms with Crippen molar-refractivity contribution in [1.29, 1.82) is 0 Å². The second-order valence-corrected chi connectivity index (χ2v) is 9.52. The Hall–Kier alpha value is -4.14. The molecule has 0 fully saturated rings. The van der Waals surface area contributed by atoms with Gasteiger partial charge in [0.25, 0.3) is 5.56 Å². The van der Waals surface area contributed by atoms with Crippen LogP contribution in [0.2, 0.25) is 5.02 Å². The quantitative estimate of drug-likeness (QED) is 0.167. The highest BCUT2D eigenvalue weighted by molar-refractivity contribution is 6.31. The molecule has 0 saturated heterocycles. The lowest BCUT2D eigenvalue weighted by Crippen LogP contribution is -2.48. The van der Waals surface area contributed by atoms with Crippen LogP contribution < -0.4 is 15.6 Å². The molecule has 3 rings (SSSR count). The molecule has 0 aliphatic heterocycles. The van der Waals surface area contributed by atoms with E-state index in [4.69, 9.17) is 11.6 Å². The minimum atomic E-state index is -4.67. The number of aromatic nitrogens is 1. The number of alkyl halides is 3. The number of rotatable bonds is 12. The molecule has 0 aliphatic rings. The van der Waals surface area contributed by atoms with E-state index in [9.17, 15) is 49.9 Å². The van der Waals surface area contributed by atoms with Gasteiger partial charge in [-0.2, -0.15) is 22.0 Å². The summed E-state index contributed by atoms with van der Waals surface area (Å²) in [5.74, 6) is -12.9. The lowest BCUT2D eigenvalue weighted by atomic mass is 10.1. The van der Waals surface area contributed by atoms with Gasteiger partial charge < -0.3 is 19.4 Å². The Labute approximate surface area is 243 Å². The molecule has 3 aromatic rings. The van der Waals surface area contributed by atoms with Crippen LogP contribution in [0.3, 0.4) is 0 Å². The van der Waals surface area contributed by atoms with Crippen molar-refractivity contribution < 1.29 is 54.6 Å². The first-order chi connectivity index (χ1) is 20.1. The zero-order valence-electron chi connectivity index (χ0n) is 22.1. The smallest absolute Gasteiger partial charge is 0.392 e. The summed E-state index contributed by atoms with van der Waals surface area (Å²) in [6.07, 6.45) is -5.99. The molecule has 1 aromatic heterocycles. The van der Waals surface area contributed by atoms with Crippen molar-refractivity contribution in [2.24, 2.45) is 0 Å². The highest BCUT2D eigenvalue weighted by Crippen LogP contribution is 2.27. The maximum Gasteiger partial charge on any atom is 0.392 e. The fourth-order valence-corrected chi connectivity index (χ4v) is 4.09. The van der Waals surface area contributed by atoms with Crippen LogP contribution in [0, 0.1) is 23.3 Å². The average molecular weight is 639 g/mol. The van der Waals surface area contributed by atoms with Crippen LogP contribution in [0.1, 0.15) is 32.2 Å². The maximum atomic E-state index is 14.0. The van der Waals surface area contributed by atoms with Crippen LogP contribution in [0.25, 0.3) is 10.8 Å². The van der Waals surface area contributed by atoms with Gasteiger partial charge in [-0.3, -0.25) is 19.2 Å². The highest BCUT2D eigenvalue weighted by Gasteiger charge is 2.32. The van der Waals surface area contributed by atoms with Crippen molar-refractivity contribution >= 4 is 40.0 Å². The van der Waals surface area contributed by atoms with E-state index in [1.165, 1.54) is 25.3 Å². The summed E-state index contributed by atoms with van der Waals surface area (Å²) < 4.78 is 102. The van der Waals surface area contributed by atoms with Crippen molar-refractivity contribution in [3.63, 3.8) is 0 Å². The van der Waals surface area contributed by atoms with Gasteiger partial charge in [-0.1, -0.05) is 24.6 Å². The van der Waals surface area contributed by atoms with Gasteiger partial charge in [0.15, 0.2) is 23.2 Å². The number of benzene rings is 2. The normalized spacial score (nSPS) is 13.0. The summed E-state index contributed by atoms with van der Waals surface area (Å²) in [6, 6.07) is 2.68. The van der Waals surface area contributed by atoms with Gasteiger partial charge in [0.05, 0.1) is 19.4 Å². The van der Waals surface area contributed by atoms with Crippen LogP contribution in [0.5, 0.6) is 5.75 Å². The number of hydrogen-bond donors (Lipinski definition) is 1. The molecule has 2 unspecified atom stereocenters. The summed E-state index contributed by atoms with van der Waals surface area (Å²) in [6.45, 7) is -0.948. The standard InChI is InChI=1S/C27H22ClF7N2O6/c1-2-19(37-7-5-13-3-4-14(28)9-15(13)26(37)41)25(40)36-18(11-21(39)42-8-6-27(33,34)35)20(38)12-43-24-22(31)16(29)10-17(30)23(24)32/h3-5,7,9-10,18-19H,2,6,8,11-12H2,1H3,(H,36,40). The molecule has 1 amide bonds. The number of fused-ring (bicyclic) bond motifs is 1. The van der Waals surface area contributed by atoms with Crippen molar-refractivity contribution in [3.8, 4) is 5.75 Å². The predicted molar refractivity (Wildman–Crippen MR) is 138 cm³/mol. The topological polar surface area (TPSA) is 104 Å². The van der Waals surface area contributed by atoms with Crippen molar-refractivity contribution in [3.05, 3.63) is 75.2 Å². The minimum absolute atomic E-state index is 0.0375. The molecule has 232 valence electrons. The number of pyridine rings is 1. The van der Waals surface area contributed by atoms with Crippen molar-refractivity contribution in [2.45, 2.75) is 44.4 Å². The Balaban J connectivity index is 1.86. The lowest BCUT2D eigenvalue weighted by Gasteiger charge is -2.23. The molecule has 1 heterocycles. The van der Waals surface area contributed by atoms with E-state index in [1.54, 1.807) is 12.1 Å². The fourth-order valence-electron chi connectivity index (χ4n) is 3.92. The maximum absolute atomic E-state index is 14.0. The average Bonchev–Trinajstić information content (AvgIpc) is 2.92. The Bertz CT molecular complexity index is 1570. The second-order valence-electron chi connectivity index (χ2n) is 9.09. The number of carbonyl (C=O) groups is 3. The first-order valence-electron chi connectivity index (χ1n) is 12.4. The molecular weight excluding hydrogens is 617 g/mol. The number of esters is 1. The number of carbonyl (C=O) groups excluding carboxylic acids is 3. The third-order valence-corrected chi connectivity index (χ3v) is 6.31. The van der Waals surface area contributed by atoms with Crippen LogP contribution in [0.15, 0.2) is 41.3 Å². The molecule has 2 atom stereocenters. The molecular formula is C27H22ClF7N2O6. The molecule has 8 nitrogen and oxygen atoms in total. The fraction of sp³-hybridized carbons (Fsp3) is 0.333. The largest absolute Gasteiger partial charge is 0.479 e. The number of Topliss-reactive ketones (excluding diaryl/α,β-unsaturated/α-hetero) is 1. The van der Waals surface area contributed by atoms with E-state index in [0.717, 1.165) is 4.57 Å². The molecule has 0 saturated carbocycles. The monoisotopic (exact) mass is 638 g/mol. The zero-order valence-corrected chi connectivity index (χ0v) is 22.8. The Kier molecular flexibility index (Phi) is 10.8. The molecule has 0 radical (unpaired) electrons. The van der Waals surface area contributed by atoms with Crippen LogP contribution >= 0.6 is 11.6 Å². The second kappa shape index (κ2) is 13.9. The third kappa shape index (κ3) is 8.46. The van der Waals surface area contributed by atoms with Gasteiger partial charge in [0, 0.05) is 22.7 Å². The van der Waals surface area contributed by atoms with Crippen LogP contribution in [0.4, 0.5) is 30.7 Å². The van der Waals surface area contributed by atoms with Gasteiger partial charge >= 0.3 is 12.1 Å². The zero-order chi connectivity index (χ0) is 32.1. The minimum Gasteiger partial charge on any atom is -0.479 e. The molecule has 1 N–H and O–H groups in total. The van der Waals surface area contributed by atoms with Gasteiger partial charge in [-0.15, -0.1) is 0 Å². The van der Waals surface area contributed by atoms with E-state index < -0.39 is 96.6 Å². The molecule has 0 spiro atoms. The predicted octanol–water partition coefficient (Wildman–Crippen LogP) is 5.18. The molecule has 16 heteroatoms. The summed E-state index contributed by atoms with van der Waals surface area (Å²) in [5, 5.41) is 3.06. The number of ether oxygens (including phenoxy) is 2. The van der Waals surface area contributed by atoms with E-state index in [0.29, 0.717) is 5.39 Å². The van der Waals surface area contributed by atoms with E-state index in [2.05, 4.69) is 14.8 Å². The number of nitrogens with zero attached hydrogens (tertiary/aromatic N) is 1. The van der Waals surface area contributed by atoms with Crippen molar-refractivity contribution in [2.75, 3.05) is 13.2 Å². The number of hydrogen-bond acceptors (Lipinski definition) is 6. The van der Waals surface area contributed by atoms with E-state index >= 15 is 0 Å². The third-order valence-electron chi connectivity index (χ3n) is 6.07. The lowest BCUT2D eigenvalue weighted by molar-refractivity contribution is -0.160. The van der Waals surface area contributed by atoms with Crippen molar-refractivity contribution in [1.82, 2.24) is 9.88 Å². The van der Waals surface area contributed by atoms with E-state index in [-0.39, 0.29) is 22.9 Å². The first-order valence-corrected chi connectivity index (χ1v) is 12.8. The number of halogens is 8. The van der Waals surface area contributed by atoms with Gasteiger partial charge in [-0.05, 0) is 30.0 Å². The summed E-state index contributed by atoms with van der Waals surface area (Å²) in [5.41, 5.74) is -0.640. The molecule has 43 heavy (non-hydrogen) atoms. The summed E-state index contributed by atoms with van der Waals surface area (Å²) in [7, 11) is 0. The molecule has 0 aliphatic carbocycles. The summed E-state index contributed by atoms with van der Waals surface area (Å²) >= 11 is 5.97. The Morgan fingerprint density at radius 2 is 1.67 bits per heavy atom. The number of amides is 1.